The van der Waals surface area contributed by atoms with E-state index in [1.165, 1.54) is 18.6 Å². The summed E-state index contributed by atoms with van der Waals surface area (Å²) in [5, 5.41) is 0.0703. The maximum Gasteiger partial charge on any atom is 0.141 e. The molecule has 1 aliphatic rings. The fourth-order valence-corrected chi connectivity index (χ4v) is 2.53. The van der Waals surface area contributed by atoms with Gasteiger partial charge in [-0.15, -0.1) is 0 Å². The van der Waals surface area contributed by atoms with E-state index in [0.29, 0.717) is 12.8 Å². The van der Waals surface area contributed by atoms with Crippen LogP contribution in [0.15, 0.2) is 18.2 Å². The van der Waals surface area contributed by atoms with E-state index in [4.69, 9.17) is 16.3 Å². The van der Waals surface area contributed by atoms with Gasteiger partial charge in [-0.1, -0.05) is 17.7 Å². The Bertz CT molecular complexity index is 442. The lowest BCUT2D eigenvalue weighted by atomic mass is 10.0. The predicted molar refractivity (Wildman–Crippen MR) is 72.9 cm³/mol. The number of benzene rings is 1. The van der Waals surface area contributed by atoms with Crippen molar-refractivity contribution in [3.63, 3.8) is 0 Å². The normalized spacial score (nSPS) is 19.4. The van der Waals surface area contributed by atoms with Crippen LogP contribution in [0, 0.1) is 5.82 Å². The first kappa shape index (κ1) is 14.5. The maximum absolute atomic E-state index is 13.0. The molecule has 1 saturated heterocycles. The lowest BCUT2D eigenvalue weighted by molar-refractivity contribution is -0.119. The van der Waals surface area contributed by atoms with Crippen LogP contribution < -0.4 is 0 Å². The van der Waals surface area contributed by atoms with Gasteiger partial charge in [0.2, 0.25) is 0 Å². The van der Waals surface area contributed by atoms with Crippen LogP contribution in [-0.4, -0.2) is 18.5 Å². The van der Waals surface area contributed by atoms with E-state index in [2.05, 4.69) is 0 Å². The first-order valence-electron chi connectivity index (χ1n) is 6.72. The summed E-state index contributed by atoms with van der Waals surface area (Å²) < 4.78 is 18.6. The monoisotopic (exact) mass is 284 g/mol. The Hall–Kier alpha value is -0.930. The average Bonchev–Trinajstić information content (AvgIpc) is 2.42. The van der Waals surface area contributed by atoms with Gasteiger partial charge < -0.3 is 4.74 Å². The predicted octanol–water partition coefficient (Wildman–Crippen LogP) is 3.94. The highest BCUT2D eigenvalue weighted by Gasteiger charge is 2.15. The molecule has 0 saturated carbocycles. The van der Waals surface area contributed by atoms with Gasteiger partial charge in [0.15, 0.2) is 0 Å². The highest BCUT2D eigenvalue weighted by atomic mass is 35.5. The zero-order valence-electron chi connectivity index (χ0n) is 10.8. The molecule has 0 N–H and O–H groups in total. The fourth-order valence-electron chi connectivity index (χ4n) is 2.32. The Morgan fingerprint density at radius 3 is 2.95 bits per heavy atom. The summed E-state index contributed by atoms with van der Waals surface area (Å²) in [6.07, 6.45) is 5.20. The molecular weight excluding hydrogens is 267 g/mol. The molecule has 0 amide bonds. The molecule has 1 aliphatic heterocycles. The molecule has 19 heavy (non-hydrogen) atoms. The zero-order valence-corrected chi connectivity index (χ0v) is 11.6. The molecule has 1 fully saturated rings. The third-order valence-electron chi connectivity index (χ3n) is 3.40. The second-order valence-electron chi connectivity index (χ2n) is 4.99. The lowest BCUT2D eigenvalue weighted by Crippen LogP contribution is -2.20. The second kappa shape index (κ2) is 7.01. The summed E-state index contributed by atoms with van der Waals surface area (Å²) in [5.41, 5.74) is 0.765. The molecule has 0 bridgehead atoms. The third kappa shape index (κ3) is 4.59. The average molecular weight is 285 g/mol. The number of halogens is 2. The maximum atomic E-state index is 13.0. The zero-order chi connectivity index (χ0) is 13.7. The summed E-state index contributed by atoms with van der Waals surface area (Å²) in [5.74, 6) is -0.301. The lowest BCUT2D eigenvalue weighted by Gasteiger charge is -2.22. The van der Waals surface area contributed by atoms with Crippen molar-refractivity contribution < 1.29 is 13.9 Å². The van der Waals surface area contributed by atoms with Crippen LogP contribution >= 0.6 is 11.6 Å². The van der Waals surface area contributed by atoms with Crippen LogP contribution in [0.2, 0.25) is 5.02 Å². The van der Waals surface area contributed by atoms with E-state index in [1.807, 2.05) is 0 Å². The largest absolute Gasteiger partial charge is 0.378 e. The topological polar surface area (TPSA) is 26.3 Å². The number of hydrogen-bond donors (Lipinski definition) is 0. The number of carbonyl (C=O) groups excluding carboxylic acids is 1. The van der Waals surface area contributed by atoms with Crippen molar-refractivity contribution in [2.24, 2.45) is 0 Å². The van der Waals surface area contributed by atoms with E-state index in [1.54, 1.807) is 6.07 Å². The molecule has 4 heteroatoms. The standard InChI is InChI=1S/C15H18ClFO2/c16-14-10-11(4-7-15(14)17)9-12(18)5-6-13-3-1-2-8-19-13/h4,7,10,13H,1-3,5-6,8-9H2. The number of ether oxygens (including phenoxy) is 1. The second-order valence-corrected chi connectivity index (χ2v) is 5.40. The van der Waals surface area contributed by atoms with Crippen molar-refractivity contribution in [1.82, 2.24) is 0 Å². The van der Waals surface area contributed by atoms with Crippen molar-refractivity contribution in [3.05, 3.63) is 34.6 Å². The molecule has 0 aromatic heterocycles. The Morgan fingerprint density at radius 2 is 2.26 bits per heavy atom. The summed E-state index contributed by atoms with van der Waals surface area (Å²) >= 11 is 5.69. The molecule has 2 nitrogen and oxygen atoms in total. The number of Topliss-reactive ketones (excluding diaryl/α,β-unsaturated/α-hetero) is 1. The van der Waals surface area contributed by atoms with Crippen molar-refractivity contribution in [3.8, 4) is 0 Å². The number of carbonyl (C=O) groups is 1. The van der Waals surface area contributed by atoms with Crippen molar-refractivity contribution in [2.45, 2.75) is 44.6 Å². The van der Waals surface area contributed by atoms with Gasteiger partial charge >= 0.3 is 0 Å². The molecule has 104 valence electrons. The van der Waals surface area contributed by atoms with Crippen LogP contribution in [0.3, 0.4) is 0 Å². The molecule has 1 heterocycles. The molecule has 1 aromatic rings. The first-order valence-corrected chi connectivity index (χ1v) is 7.10. The van der Waals surface area contributed by atoms with Gasteiger partial charge in [0.25, 0.3) is 0 Å². The smallest absolute Gasteiger partial charge is 0.141 e. The number of hydrogen-bond acceptors (Lipinski definition) is 2. The highest BCUT2D eigenvalue weighted by Crippen LogP contribution is 2.19. The number of ketones is 1. The Balaban J connectivity index is 1.78. The minimum Gasteiger partial charge on any atom is -0.378 e. The van der Waals surface area contributed by atoms with Crippen LogP contribution in [0.5, 0.6) is 0 Å². The van der Waals surface area contributed by atoms with Gasteiger partial charge in [-0.3, -0.25) is 4.79 Å². The molecule has 1 aromatic carbocycles. The van der Waals surface area contributed by atoms with Gasteiger partial charge in [-0.05, 0) is 43.4 Å². The van der Waals surface area contributed by atoms with Crippen molar-refractivity contribution >= 4 is 17.4 Å². The molecule has 0 spiro atoms. The quantitative estimate of drug-likeness (QED) is 0.819. The molecule has 1 unspecified atom stereocenters. The third-order valence-corrected chi connectivity index (χ3v) is 3.69. The Kier molecular flexibility index (Phi) is 5.34. The van der Waals surface area contributed by atoms with E-state index >= 15 is 0 Å². The van der Waals surface area contributed by atoms with Gasteiger partial charge in [0.05, 0.1) is 11.1 Å². The van der Waals surface area contributed by atoms with Gasteiger partial charge in [0, 0.05) is 19.4 Å². The fraction of sp³-hybridized carbons (Fsp3) is 0.533. The van der Waals surface area contributed by atoms with Gasteiger partial charge in [0.1, 0.15) is 11.6 Å². The van der Waals surface area contributed by atoms with E-state index in [9.17, 15) is 9.18 Å². The molecule has 0 aliphatic carbocycles. The number of rotatable bonds is 5. The van der Waals surface area contributed by atoms with Crippen LogP contribution in [0.25, 0.3) is 0 Å². The van der Waals surface area contributed by atoms with Crippen molar-refractivity contribution in [2.75, 3.05) is 6.61 Å². The summed E-state index contributed by atoms with van der Waals surface area (Å²) in [6.45, 7) is 0.812. The molecule has 0 radical (unpaired) electrons. The highest BCUT2D eigenvalue weighted by molar-refractivity contribution is 6.30. The summed E-state index contributed by atoms with van der Waals surface area (Å²) in [7, 11) is 0. The Labute approximate surface area is 117 Å². The first-order chi connectivity index (χ1) is 9.15. The summed E-state index contributed by atoms with van der Waals surface area (Å²) in [4.78, 5) is 11.9. The molecular formula is C15H18ClFO2. The van der Waals surface area contributed by atoms with Gasteiger partial charge in [-0.2, -0.15) is 0 Å². The molecule has 1 atom stereocenters. The van der Waals surface area contributed by atoms with E-state index in [-0.39, 0.29) is 16.9 Å². The minimum absolute atomic E-state index is 0.0703. The van der Waals surface area contributed by atoms with Crippen LogP contribution in [0.1, 0.15) is 37.7 Å². The summed E-state index contributed by atoms with van der Waals surface area (Å²) in [6, 6.07) is 4.43. The van der Waals surface area contributed by atoms with Crippen LogP contribution in [-0.2, 0) is 16.0 Å². The minimum atomic E-state index is -0.450. The van der Waals surface area contributed by atoms with Crippen molar-refractivity contribution in [1.29, 1.82) is 0 Å². The van der Waals surface area contributed by atoms with Crippen LogP contribution in [0.4, 0.5) is 4.39 Å². The van der Waals surface area contributed by atoms with E-state index in [0.717, 1.165) is 31.4 Å². The Morgan fingerprint density at radius 1 is 1.42 bits per heavy atom. The SMILES string of the molecule is O=C(CCC1CCCCO1)Cc1ccc(F)c(Cl)c1. The molecule has 2 rings (SSSR count). The van der Waals surface area contributed by atoms with Gasteiger partial charge in [-0.25, -0.2) is 4.39 Å². The van der Waals surface area contributed by atoms with E-state index < -0.39 is 5.82 Å².